The molecule has 0 bridgehead atoms. The summed E-state index contributed by atoms with van der Waals surface area (Å²) in [6.45, 7) is 0.795. The zero-order valence-electron chi connectivity index (χ0n) is 7.31. The molecule has 2 N–H and O–H groups in total. The Morgan fingerprint density at radius 2 is 2.17 bits per heavy atom. The lowest BCUT2D eigenvalue weighted by atomic mass is 9.95. The fraction of sp³-hybridized carbons (Fsp3) is 0.600. The highest BCUT2D eigenvalue weighted by molar-refractivity contribution is 7.10. The highest BCUT2D eigenvalue weighted by Crippen LogP contribution is 2.30. The largest absolute Gasteiger partial charge is 0.330 e. The fourth-order valence-electron chi connectivity index (χ4n) is 1.93. The van der Waals surface area contributed by atoms with E-state index in [0.717, 1.165) is 13.0 Å². The van der Waals surface area contributed by atoms with Gasteiger partial charge in [-0.25, -0.2) is 0 Å². The molecule has 0 amide bonds. The van der Waals surface area contributed by atoms with Crippen molar-refractivity contribution in [3.63, 3.8) is 0 Å². The first-order valence-corrected chi connectivity index (χ1v) is 5.58. The first-order chi connectivity index (χ1) is 5.92. The first-order valence-electron chi connectivity index (χ1n) is 4.70. The Morgan fingerprint density at radius 3 is 3.00 bits per heavy atom. The summed E-state index contributed by atoms with van der Waals surface area (Å²) in [7, 11) is 0. The van der Waals surface area contributed by atoms with E-state index in [1.807, 2.05) is 11.3 Å². The van der Waals surface area contributed by atoms with Gasteiger partial charge in [0.1, 0.15) is 0 Å². The van der Waals surface area contributed by atoms with Gasteiger partial charge in [-0.05, 0) is 55.2 Å². The molecule has 0 radical (unpaired) electrons. The molecular formula is C10H15NS. The smallest absolute Gasteiger partial charge is 0.00800 e. The summed E-state index contributed by atoms with van der Waals surface area (Å²) < 4.78 is 0. The van der Waals surface area contributed by atoms with E-state index < -0.39 is 0 Å². The lowest BCUT2D eigenvalue weighted by Crippen LogP contribution is -2.06. The zero-order valence-corrected chi connectivity index (χ0v) is 8.12. The minimum absolute atomic E-state index is 0.795. The van der Waals surface area contributed by atoms with Crippen LogP contribution in [0.3, 0.4) is 0 Å². The molecule has 1 nitrogen and oxygen atoms in total. The van der Waals surface area contributed by atoms with Crippen LogP contribution in [-0.4, -0.2) is 6.54 Å². The Morgan fingerprint density at radius 1 is 1.33 bits per heavy atom. The van der Waals surface area contributed by atoms with Crippen LogP contribution in [-0.2, 0) is 19.3 Å². The predicted molar refractivity (Wildman–Crippen MR) is 53.7 cm³/mol. The first kappa shape index (κ1) is 8.27. The third-order valence-corrected chi connectivity index (χ3v) is 3.70. The molecule has 66 valence electrons. The van der Waals surface area contributed by atoms with Crippen LogP contribution in [0.15, 0.2) is 5.38 Å². The van der Waals surface area contributed by atoms with Crippen molar-refractivity contribution >= 4 is 11.3 Å². The second-order valence-corrected chi connectivity index (χ2v) is 4.37. The van der Waals surface area contributed by atoms with Crippen molar-refractivity contribution in [1.29, 1.82) is 0 Å². The highest BCUT2D eigenvalue weighted by atomic mass is 32.1. The van der Waals surface area contributed by atoms with Gasteiger partial charge in [-0.15, -0.1) is 11.3 Å². The SMILES string of the molecule is NCCc1csc2c1CCCC2. The molecule has 1 aliphatic rings. The number of fused-ring (bicyclic) bond motifs is 1. The fourth-order valence-corrected chi connectivity index (χ4v) is 3.11. The maximum Gasteiger partial charge on any atom is 0.00800 e. The molecular weight excluding hydrogens is 166 g/mol. The van der Waals surface area contributed by atoms with Gasteiger partial charge >= 0.3 is 0 Å². The van der Waals surface area contributed by atoms with E-state index in [1.54, 1.807) is 10.4 Å². The van der Waals surface area contributed by atoms with Crippen molar-refractivity contribution in [2.24, 2.45) is 5.73 Å². The number of aryl methyl sites for hydroxylation is 1. The van der Waals surface area contributed by atoms with Crippen molar-refractivity contribution in [3.05, 3.63) is 21.4 Å². The van der Waals surface area contributed by atoms with Crippen LogP contribution >= 0.6 is 11.3 Å². The van der Waals surface area contributed by atoms with E-state index in [9.17, 15) is 0 Å². The summed E-state index contributed by atoms with van der Waals surface area (Å²) in [4.78, 5) is 1.63. The minimum atomic E-state index is 0.795. The number of rotatable bonds is 2. The second kappa shape index (κ2) is 3.58. The third-order valence-electron chi connectivity index (χ3n) is 2.56. The van der Waals surface area contributed by atoms with Crippen LogP contribution < -0.4 is 5.73 Å². The van der Waals surface area contributed by atoms with Crippen LogP contribution in [0.2, 0.25) is 0 Å². The summed E-state index contributed by atoms with van der Waals surface area (Å²) in [6, 6.07) is 0. The average Bonchev–Trinajstić information content (AvgIpc) is 2.50. The van der Waals surface area contributed by atoms with Crippen LogP contribution in [0.1, 0.15) is 28.8 Å². The van der Waals surface area contributed by atoms with Crippen molar-refractivity contribution in [1.82, 2.24) is 0 Å². The number of hydrogen-bond acceptors (Lipinski definition) is 2. The molecule has 0 unspecified atom stereocenters. The molecule has 1 aromatic rings. The monoisotopic (exact) mass is 181 g/mol. The predicted octanol–water partition coefficient (Wildman–Crippen LogP) is 2.13. The van der Waals surface area contributed by atoms with Gasteiger partial charge < -0.3 is 5.73 Å². The number of nitrogens with two attached hydrogens (primary N) is 1. The van der Waals surface area contributed by atoms with Gasteiger partial charge in [0.2, 0.25) is 0 Å². The van der Waals surface area contributed by atoms with Crippen molar-refractivity contribution < 1.29 is 0 Å². The van der Waals surface area contributed by atoms with Crippen LogP contribution in [0.25, 0.3) is 0 Å². The maximum atomic E-state index is 5.56. The maximum absolute atomic E-state index is 5.56. The third kappa shape index (κ3) is 1.41. The summed E-state index contributed by atoms with van der Waals surface area (Å²) in [5.74, 6) is 0. The molecule has 0 saturated heterocycles. The zero-order chi connectivity index (χ0) is 8.39. The van der Waals surface area contributed by atoms with Crippen molar-refractivity contribution in [2.45, 2.75) is 32.1 Å². The van der Waals surface area contributed by atoms with Crippen LogP contribution in [0, 0.1) is 0 Å². The standard InChI is InChI=1S/C10H15NS/c11-6-5-8-7-12-10-4-2-1-3-9(8)10/h7H,1-6,11H2. The molecule has 1 heterocycles. The highest BCUT2D eigenvalue weighted by Gasteiger charge is 2.14. The summed E-state index contributed by atoms with van der Waals surface area (Å²) in [6.07, 6.45) is 6.45. The summed E-state index contributed by atoms with van der Waals surface area (Å²) in [5, 5.41) is 2.31. The Kier molecular flexibility index (Phi) is 2.47. The lowest BCUT2D eigenvalue weighted by molar-refractivity contribution is 0.690. The van der Waals surface area contributed by atoms with Crippen LogP contribution in [0.4, 0.5) is 0 Å². The average molecular weight is 181 g/mol. The summed E-state index contributed by atoms with van der Waals surface area (Å²) >= 11 is 1.94. The van der Waals surface area contributed by atoms with Gasteiger partial charge in [-0.3, -0.25) is 0 Å². The topological polar surface area (TPSA) is 26.0 Å². The molecule has 0 aliphatic heterocycles. The van der Waals surface area contributed by atoms with E-state index in [1.165, 1.54) is 31.2 Å². The Labute approximate surface area is 77.6 Å². The molecule has 1 aromatic heterocycles. The van der Waals surface area contributed by atoms with Crippen LogP contribution in [0.5, 0.6) is 0 Å². The van der Waals surface area contributed by atoms with E-state index in [0.29, 0.717) is 0 Å². The van der Waals surface area contributed by atoms with Gasteiger partial charge in [0, 0.05) is 4.88 Å². The Balaban J connectivity index is 2.25. The number of thiophene rings is 1. The summed E-state index contributed by atoms with van der Waals surface area (Å²) in [5.41, 5.74) is 8.72. The molecule has 0 saturated carbocycles. The van der Waals surface area contributed by atoms with Gasteiger partial charge in [0.25, 0.3) is 0 Å². The molecule has 0 fully saturated rings. The number of hydrogen-bond donors (Lipinski definition) is 1. The van der Waals surface area contributed by atoms with Crippen molar-refractivity contribution in [3.8, 4) is 0 Å². The Hall–Kier alpha value is -0.340. The van der Waals surface area contributed by atoms with E-state index in [-0.39, 0.29) is 0 Å². The van der Waals surface area contributed by atoms with Gasteiger partial charge in [0.05, 0.1) is 0 Å². The van der Waals surface area contributed by atoms with Gasteiger partial charge in [-0.2, -0.15) is 0 Å². The van der Waals surface area contributed by atoms with Crippen molar-refractivity contribution in [2.75, 3.05) is 6.54 Å². The Bertz CT molecular complexity index is 265. The minimum Gasteiger partial charge on any atom is -0.330 e. The molecule has 0 atom stereocenters. The second-order valence-electron chi connectivity index (χ2n) is 3.41. The molecule has 1 aliphatic carbocycles. The molecule has 0 spiro atoms. The molecule has 0 aromatic carbocycles. The molecule has 2 rings (SSSR count). The van der Waals surface area contributed by atoms with E-state index in [2.05, 4.69) is 5.38 Å². The van der Waals surface area contributed by atoms with Gasteiger partial charge in [0.15, 0.2) is 0 Å². The van der Waals surface area contributed by atoms with Gasteiger partial charge in [-0.1, -0.05) is 0 Å². The lowest BCUT2D eigenvalue weighted by Gasteiger charge is -2.12. The molecule has 2 heteroatoms. The van der Waals surface area contributed by atoms with E-state index >= 15 is 0 Å². The molecule has 12 heavy (non-hydrogen) atoms. The van der Waals surface area contributed by atoms with E-state index in [4.69, 9.17) is 5.73 Å². The normalized spacial score (nSPS) is 16.1. The quantitative estimate of drug-likeness (QED) is 0.743.